The van der Waals surface area contributed by atoms with Gasteiger partial charge in [0.05, 0.1) is 31.8 Å². The summed E-state index contributed by atoms with van der Waals surface area (Å²) in [5.74, 6) is -1.34. The average Bonchev–Trinajstić information content (AvgIpc) is 2.89. The average molecular weight is 598 g/mol. The minimum Gasteiger partial charge on any atom is -0.506 e. The Morgan fingerprint density at radius 3 is 2.05 bits per heavy atom. The molecule has 0 spiro atoms. The molecule has 4 aromatic carbocycles. The number of amides is 1. The number of nitrogens with one attached hydrogen (secondary N) is 1. The largest absolute Gasteiger partial charge is 0.506 e. The van der Waals surface area contributed by atoms with E-state index in [-0.39, 0.29) is 27.6 Å². The topological polar surface area (TPSA) is 118 Å². The first-order valence-electron chi connectivity index (χ1n) is 11.2. The lowest BCUT2D eigenvalue weighted by molar-refractivity contribution is -0.0436. The van der Waals surface area contributed by atoms with E-state index in [1.165, 1.54) is 25.1 Å². The Bertz CT molecular complexity index is 1820. The highest BCUT2D eigenvalue weighted by Crippen LogP contribution is 2.38. The van der Waals surface area contributed by atoms with Gasteiger partial charge in [-0.25, -0.2) is 16.8 Å². The molecule has 204 valence electrons. The lowest BCUT2D eigenvalue weighted by Gasteiger charge is -2.15. The Hall–Kier alpha value is -3.61. The van der Waals surface area contributed by atoms with Crippen molar-refractivity contribution >= 4 is 53.6 Å². The summed E-state index contributed by atoms with van der Waals surface area (Å²) < 4.78 is 86.3. The van der Waals surface area contributed by atoms with Gasteiger partial charge in [-0.15, -0.1) is 0 Å². The van der Waals surface area contributed by atoms with Crippen molar-refractivity contribution in [1.82, 2.24) is 0 Å². The summed E-state index contributed by atoms with van der Waals surface area (Å²) in [6.45, 7) is 1.52. The van der Waals surface area contributed by atoms with Crippen LogP contribution in [0, 0.1) is 0 Å². The molecule has 0 bridgehead atoms. The molecule has 0 heterocycles. The molecule has 7 nitrogen and oxygen atoms in total. The molecule has 2 N–H and O–H groups in total. The van der Waals surface area contributed by atoms with E-state index in [1.54, 1.807) is 36.4 Å². The van der Waals surface area contributed by atoms with Crippen molar-refractivity contribution in [1.29, 1.82) is 0 Å². The number of benzene rings is 4. The summed E-state index contributed by atoms with van der Waals surface area (Å²) in [5, 5.41) is 13.7. The second kappa shape index (κ2) is 10.2. The lowest BCUT2D eigenvalue weighted by atomic mass is 9.94. The fourth-order valence-corrected chi connectivity index (χ4v) is 5.83. The number of rotatable bonds is 6. The van der Waals surface area contributed by atoms with Crippen LogP contribution in [-0.4, -0.2) is 39.1 Å². The molecular weight excluding hydrogens is 579 g/mol. The zero-order valence-corrected chi connectivity index (χ0v) is 22.3. The van der Waals surface area contributed by atoms with Crippen LogP contribution in [0.4, 0.5) is 18.9 Å². The van der Waals surface area contributed by atoms with Crippen molar-refractivity contribution in [2.45, 2.75) is 22.2 Å². The SMILES string of the molecule is CCS(=O)(=O)c1ccc(-c2cc(C(=O)Nc3ccc(S(=O)(=O)C(F)(F)F)cc3Cl)c(O)c3ccccc23)cc1. The number of halogens is 4. The van der Waals surface area contributed by atoms with Crippen molar-refractivity contribution in [2.75, 3.05) is 11.1 Å². The fourth-order valence-electron chi connectivity index (χ4n) is 3.87. The number of hydrogen-bond donors (Lipinski definition) is 2. The van der Waals surface area contributed by atoms with E-state index in [2.05, 4.69) is 5.32 Å². The third kappa shape index (κ3) is 5.32. The Kier molecular flexibility index (Phi) is 7.41. The second-order valence-electron chi connectivity index (χ2n) is 8.34. The van der Waals surface area contributed by atoms with Gasteiger partial charge in [0.15, 0.2) is 9.84 Å². The first-order chi connectivity index (χ1) is 18.2. The van der Waals surface area contributed by atoms with E-state index in [9.17, 15) is 39.9 Å². The third-order valence-corrected chi connectivity index (χ3v) is 9.52. The summed E-state index contributed by atoms with van der Waals surface area (Å²) in [7, 11) is -9.10. The van der Waals surface area contributed by atoms with Crippen molar-refractivity contribution in [2.24, 2.45) is 0 Å². The van der Waals surface area contributed by atoms with Crippen LogP contribution in [0.15, 0.2) is 82.6 Å². The smallest absolute Gasteiger partial charge is 0.501 e. The monoisotopic (exact) mass is 597 g/mol. The first-order valence-corrected chi connectivity index (χ1v) is 14.7. The van der Waals surface area contributed by atoms with Crippen LogP contribution in [0.2, 0.25) is 5.02 Å². The van der Waals surface area contributed by atoms with Gasteiger partial charge in [0.1, 0.15) is 5.75 Å². The summed E-state index contributed by atoms with van der Waals surface area (Å²) in [6, 6.07) is 16.2. The zero-order valence-electron chi connectivity index (χ0n) is 20.0. The number of anilines is 1. The molecule has 0 unspecified atom stereocenters. The molecule has 0 aliphatic heterocycles. The van der Waals surface area contributed by atoms with Crippen LogP contribution in [-0.2, 0) is 19.7 Å². The molecule has 0 aliphatic rings. The highest BCUT2D eigenvalue weighted by Gasteiger charge is 2.47. The summed E-state index contributed by atoms with van der Waals surface area (Å²) >= 11 is 5.98. The van der Waals surface area contributed by atoms with Crippen LogP contribution in [0.5, 0.6) is 5.75 Å². The molecule has 4 rings (SSSR count). The molecule has 0 saturated heterocycles. The lowest BCUT2D eigenvalue weighted by Crippen LogP contribution is -2.23. The van der Waals surface area contributed by atoms with Crippen molar-refractivity contribution in [3.63, 3.8) is 0 Å². The van der Waals surface area contributed by atoms with Gasteiger partial charge in [0, 0.05) is 5.39 Å². The van der Waals surface area contributed by atoms with Gasteiger partial charge in [-0.05, 0) is 52.9 Å². The molecule has 39 heavy (non-hydrogen) atoms. The molecule has 0 saturated carbocycles. The molecule has 4 aromatic rings. The van der Waals surface area contributed by atoms with Gasteiger partial charge < -0.3 is 10.4 Å². The number of phenols is 1. The highest BCUT2D eigenvalue weighted by molar-refractivity contribution is 7.92. The van der Waals surface area contributed by atoms with Crippen molar-refractivity contribution in [3.8, 4) is 16.9 Å². The molecular formula is C26H19ClF3NO6S2. The minimum atomic E-state index is -5.65. The summed E-state index contributed by atoms with van der Waals surface area (Å²) in [4.78, 5) is 12.2. The number of hydrogen-bond acceptors (Lipinski definition) is 6. The van der Waals surface area contributed by atoms with Crippen LogP contribution >= 0.6 is 11.6 Å². The van der Waals surface area contributed by atoms with E-state index >= 15 is 0 Å². The number of fused-ring (bicyclic) bond motifs is 1. The van der Waals surface area contributed by atoms with Gasteiger partial charge >= 0.3 is 5.51 Å². The van der Waals surface area contributed by atoms with Crippen LogP contribution in [0.1, 0.15) is 17.3 Å². The first kappa shape index (κ1) is 28.4. The van der Waals surface area contributed by atoms with Crippen molar-refractivity contribution in [3.05, 3.63) is 83.4 Å². The van der Waals surface area contributed by atoms with Gasteiger partial charge in [-0.1, -0.05) is 54.9 Å². The summed E-state index contributed by atoms with van der Waals surface area (Å²) in [6.07, 6.45) is 0. The standard InChI is InChI=1S/C26H19ClF3NO6S2/c1-2-38(34,35)16-9-7-15(8-10-16)20-14-21(24(32)19-6-4-3-5-18(19)20)25(33)31-23-12-11-17(13-22(23)27)39(36,37)26(28,29)30/h3-14,32H,2H2,1H3,(H,31,33). The Balaban J connectivity index is 1.76. The summed E-state index contributed by atoms with van der Waals surface area (Å²) in [5.41, 5.74) is -4.89. The molecule has 0 radical (unpaired) electrons. The maximum atomic E-state index is 13.2. The number of carbonyl (C=O) groups is 1. The fraction of sp³-hybridized carbons (Fsp3) is 0.115. The van der Waals surface area contributed by atoms with Gasteiger partial charge in [-0.3, -0.25) is 4.79 Å². The Morgan fingerprint density at radius 2 is 1.49 bits per heavy atom. The van der Waals surface area contributed by atoms with E-state index in [0.717, 1.165) is 6.07 Å². The van der Waals surface area contributed by atoms with Crippen molar-refractivity contribution < 1.29 is 39.9 Å². The predicted octanol–water partition coefficient (Wildman–Crippen LogP) is 6.21. The minimum absolute atomic E-state index is 0.0789. The number of phenolic OH excluding ortho intramolecular Hbond substituents is 1. The normalized spacial score (nSPS) is 12.4. The van der Waals surface area contributed by atoms with Gasteiger partial charge in [-0.2, -0.15) is 13.2 Å². The number of alkyl halides is 3. The molecule has 0 aliphatic carbocycles. The zero-order chi connectivity index (χ0) is 28.8. The third-order valence-electron chi connectivity index (χ3n) is 5.97. The number of carbonyl (C=O) groups excluding carboxylic acids is 1. The molecule has 13 heteroatoms. The molecule has 0 atom stereocenters. The van der Waals surface area contributed by atoms with E-state index in [0.29, 0.717) is 34.0 Å². The van der Waals surface area contributed by atoms with Gasteiger partial charge in [0.2, 0.25) is 0 Å². The van der Waals surface area contributed by atoms with Crippen LogP contribution in [0.25, 0.3) is 21.9 Å². The Morgan fingerprint density at radius 1 is 0.897 bits per heavy atom. The van der Waals surface area contributed by atoms with E-state index in [4.69, 9.17) is 11.6 Å². The van der Waals surface area contributed by atoms with Crippen LogP contribution < -0.4 is 5.32 Å². The second-order valence-corrected chi connectivity index (χ2v) is 13.0. The van der Waals surface area contributed by atoms with Crippen LogP contribution in [0.3, 0.4) is 0 Å². The quantitative estimate of drug-likeness (QED) is 0.273. The number of aromatic hydroxyl groups is 1. The number of sulfone groups is 2. The maximum Gasteiger partial charge on any atom is 0.501 e. The highest BCUT2D eigenvalue weighted by atomic mass is 35.5. The maximum absolute atomic E-state index is 13.2. The van der Waals surface area contributed by atoms with E-state index in [1.807, 2.05) is 0 Å². The molecule has 1 amide bonds. The predicted molar refractivity (Wildman–Crippen MR) is 141 cm³/mol. The Labute approximate surface area is 226 Å². The van der Waals surface area contributed by atoms with Gasteiger partial charge in [0.25, 0.3) is 15.7 Å². The molecule has 0 fully saturated rings. The van der Waals surface area contributed by atoms with E-state index < -0.39 is 41.0 Å². The molecule has 0 aromatic heterocycles.